The predicted molar refractivity (Wildman–Crippen MR) is 321 cm³/mol. The fraction of sp³-hybridized carbons (Fsp3) is 0.857. The van der Waals surface area contributed by atoms with E-state index >= 15 is 0 Å². The molecule has 0 atom stereocenters. The molecule has 0 heterocycles. The fourth-order valence-electron chi connectivity index (χ4n) is 11.8. The quantitative estimate of drug-likeness (QED) is 0.0580. The summed E-state index contributed by atoms with van der Waals surface area (Å²) in [5.41, 5.74) is 3.33. The highest BCUT2D eigenvalue weighted by Gasteiger charge is 2.09. The van der Waals surface area contributed by atoms with Crippen LogP contribution in [-0.2, 0) is 12.8 Å². The fourth-order valence-corrected chi connectivity index (χ4v) is 11.8. The summed E-state index contributed by atoms with van der Waals surface area (Å²) in [6.45, 7) is 9.42. The van der Waals surface area contributed by atoms with E-state index in [4.69, 9.17) is 0 Å². The van der Waals surface area contributed by atoms with Crippen LogP contribution >= 0.6 is 0 Å². The van der Waals surface area contributed by atoms with E-state index in [1.54, 1.807) is 11.1 Å². The van der Waals surface area contributed by atoms with Crippen LogP contribution in [0.1, 0.15) is 373 Å². The van der Waals surface area contributed by atoms with Crippen LogP contribution in [0.25, 0.3) is 10.8 Å². The van der Waals surface area contributed by atoms with Crippen molar-refractivity contribution in [3.63, 3.8) is 0 Å². The first-order valence-corrected chi connectivity index (χ1v) is 33.1. The van der Waals surface area contributed by atoms with Crippen molar-refractivity contribution in [2.45, 2.75) is 374 Å². The lowest BCUT2D eigenvalue weighted by molar-refractivity contribution is 0.500. The van der Waals surface area contributed by atoms with Crippen molar-refractivity contribution in [2.24, 2.45) is 11.8 Å². The van der Waals surface area contributed by atoms with E-state index in [2.05, 4.69) is 64.1 Å². The molecule has 0 radical (unpaired) electrons. The molecular weight excluding hydrogens is 841 g/mol. The molecule has 0 bridgehead atoms. The lowest BCUT2D eigenvalue weighted by Gasteiger charge is -2.14. The molecule has 0 nitrogen and oxygen atoms in total. The van der Waals surface area contributed by atoms with Gasteiger partial charge in [-0.15, -0.1) is 0 Å². The Labute approximate surface area is 442 Å². The minimum absolute atomic E-state index is 0.890. The summed E-state index contributed by atoms with van der Waals surface area (Å²) < 4.78 is 0. The van der Waals surface area contributed by atoms with Crippen molar-refractivity contribution in [3.05, 3.63) is 47.5 Å². The molecule has 408 valence electrons. The summed E-state index contributed by atoms with van der Waals surface area (Å²) in [5, 5.41) is 2.97. The lowest BCUT2D eigenvalue weighted by atomic mass is 9.91. The molecule has 2 aromatic carbocycles. The summed E-state index contributed by atoms with van der Waals surface area (Å²) in [7, 11) is 0. The summed E-state index contributed by atoms with van der Waals surface area (Å²) in [6, 6.07) is 14.1. The highest BCUT2D eigenvalue weighted by atomic mass is 14.1. The van der Waals surface area contributed by atoms with Gasteiger partial charge in [0.05, 0.1) is 0 Å². The van der Waals surface area contributed by atoms with Crippen LogP contribution in [0.3, 0.4) is 0 Å². The van der Waals surface area contributed by atoms with Crippen molar-refractivity contribution in [1.82, 2.24) is 0 Å². The molecule has 0 unspecified atom stereocenters. The highest BCUT2D eigenvalue weighted by Crippen LogP contribution is 2.27. The minimum atomic E-state index is 0.890. The lowest BCUT2D eigenvalue weighted by Crippen LogP contribution is -1.97. The Bertz CT molecular complexity index is 1320. The molecule has 0 aliphatic heterocycles. The van der Waals surface area contributed by atoms with Gasteiger partial charge in [0.15, 0.2) is 0 Å². The van der Waals surface area contributed by atoms with Crippen LogP contribution in [0.15, 0.2) is 36.4 Å². The Morgan fingerprint density at radius 3 is 0.729 bits per heavy atom. The zero-order valence-corrected chi connectivity index (χ0v) is 48.8. The van der Waals surface area contributed by atoms with Crippen molar-refractivity contribution in [3.8, 4) is 0 Å². The first-order chi connectivity index (χ1) is 34.6. The van der Waals surface area contributed by atoms with Gasteiger partial charge in [0.1, 0.15) is 0 Å². The molecule has 0 heteroatoms. The maximum atomic E-state index is 2.49. The predicted octanol–water partition coefficient (Wildman–Crippen LogP) is 25.5. The normalized spacial score (nSPS) is 11.9. The summed E-state index contributed by atoms with van der Waals surface area (Å²) >= 11 is 0. The van der Waals surface area contributed by atoms with E-state index in [0.29, 0.717) is 0 Å². The SMILES string of the molecule is CC(C)CCCCCCCCCCCCCCCCCCCCCCCCCCCc1ccc2ccccc2c1CCCCCCCCCCCCCCCCCCCCCCCCCCCC(C)C. The van der Waals surface area contributed by atoms with Crippen molar-refractivity contribution in [1.29, 1.82) is 0 Å². The van der Waals surface area contributed by atoms with Crippen LogP contribution in [0.2, 0.25) is 0 Å². The maximum absolute atomic E-state index is 2.49. The largest absolute Gasteiger partial charge is 0.0628 e. The van der Waals surface area contributed by atoms with E-state index in [9.17, 15) is 0 Å². The maximum Gasteiger partial charge on any atom is -0.0149 e. The van der Waals surface area contributed by atoms with Gasteiger partial charge in [-0.3, -0.25) is 0 Å². The molecule has 0 saturated carbocycles. The van der Waals surface area contributed by atoms with Gasteiger partial charge in [-0.25, -0.2) is 0 Å². The van der Waals surface area contributed by atoms with Gasteiger partial charge < -0.3 is 0 Å². The van der Waals surface area contributed by atoms with E-state index < -0.39 is 0 Å². The highest BCUT2D eigenvalue weighted by molar-refractivity contribution is 5.86. The third kappa shape index (κ3) is 42.1. The third-order valence-corrected chi connectivity index (χ3v) is 16.6. The van der Waals surface area contributed by atoms with Gasteiger partial charge in [-0.05, 0) is 59.4 Å². The first kappa shape index (κ1) is 64.8. The van der Waals surface area contributed by atoms with Crippen molar-refractivity contribution >= 4 is 10.8 Å². The third-order valence-electron chi connectivity index (χ3n) is 16.6. The average molecular weight is 970 g/mol. The Morgan fingerprint density at radius 1 is 0.229 bits per heavy atom. The Kier molecular flexibility index (Phi) is 47.4. The molecule has 70 heavy (non-hydrogen) atoms. The van der Waals surface area contributed by atoms with E-state index in [-0.39, 0.29) is 0 Å². The average Bonchev–Trinajstić information content (AvgIpc) is 3.35. The molecular formula is C70H128. The molecule has 0 saturated heterocycles. The van der Waals surface area contributed by atoms with Gasteiger partial charge >= 0.3 is 0 Å². The standard InChI is InChI=1S/C70H128/c1-65(2)57-51-47-43-39-35-31-27-23-19-15-11-7-5-9-13-17-21-25-29-33-37-41-45-49-53-59-67-63-64-68-60-55-56-62-70(68)69(67)61-54-50-46-42-38-34-30-26-22-18-14-10-6-8-12-16-20-24-28-32-36-40-44-48-52-58-66(3)4/h55-56,60,62-66H,5-54,57-59,61H2,1-4H3. The molecule has 0 N–H and O–H groups in total. The van der Waals surface area contributed by atoms with Crippen LogP contribution in [-0.4, -0.2) is 0 Å². The zero-order chi connectivity index (χ0) is 49.9. The molecule has 0 aliphatic rings. The van der Waals surface area contributed by atoms with E-state index in [1.165, 1.54) is 357 Å². The molecule has 0 amide bonds. The summed E-state index contributed by atoms with van der Waals surface area (Å²) in [4.78, 5) is 0. The molecule has 0 spiro atoms. The number of aryl methyl sites for hydroxylation is 2. The minimum Gasteiger partial charge on any atom is -0.0628 e. The Morgan fingerprint density at radius 2 is 0.457 bits per heavy atom. The number of unbranched alkanes of at least 4 members (excludes halogenated alkanes) is 48. The number of hydrogen-bond acceptors (Lipinski definition) is 0. The van der Waals surface area contributed by atoms with Crippen molar-refractivity contribution in [2.75, 3.05) is 0 Å². The second-order valence-electron chi connectivity index (χ2n) is 24.5. The second kappa shape index (κ2) is 51.2. The van der Waals surface area contributed by atoms with Gasteiger partial charge in [0, 0.05) is 0 Å². The smallest absolute Gasteiger partial charge is 0.0149 e. The molecule has 0 aromatic heterocycles. The van der Waals surface area contributed by atoms with Crippen LogP contribution < -0.4 is 0 Å². The molecule has 0 fully saturated rings. The Balaban J connectivity index is 1.33. The topological polar surface area (TPSA) is 0 Å². The van der Waals surface area contributed by atoms with Gasteiger partial charge in [-0.2, -0.15) is 0 Å². The number of fused-ring (bicyclic) bond motifs is 1. The second-order valence-corrected chi connectivity index (χ2v) is 24.5. The summed E-state index contributed by atoms with van der Waals surface area (Å²) in [5.74, 6) is 1.78. The summed E-state index contributed by atoms with van der Waals surface area (Å²) in [6.07, 6.45) is 78.7. The monoisotopic (exact) mass is 969 g/mol. The van der Waals surface area contributed by atoms with Crippen LogP contribution in [0, 0.1) is 11.8 Å². The van der Waals surface area contributed by atoms with Crippen LogP contribution in [0.5, 0.6) is 0 Å². The molecule has 0 aliphatic carbocycles. The van der Waals surface area contributed by atoms with Gasteiger partial charge in [-0.1, -0.05) is 385 Å². The first-order valence-electron chi connectivity index (χ1n) is 33.1. The Hall–Kier alpha value is -1.30. The number of rotatable bonds is 56. The van der Waals surface area contributed by atoms with Gasteiger partial charge in [0.2, 0.25) is 0 Å². The molecule has 2 rings (SSSR count). The molecule has 2 aromatic rings. The van der Waals surface area contributed by atoms with E-state index in [0.717, 1.165) is 11.8 Å². The van der Waals surface area contributed by atoms with Crippen LogP contribution in [0.4, 0.5) is 0 Å². The van der Waals surface area contributed by atoms with E-state index in [1.807, 2.05) is 0 Å². The van der Waals surface area contributed by atoms with Crippen molar-refractivity contribution < 1.29 is 0 Å². The van der Waals surface area contributed by atoms with Gasteiger partial charge in [0.25, 0.3) is 0 Å². The zero-order valence-electron chi connectivity index (χ0n) is 48.8. The number of hydrogen-bond donors (Lipinski definition) is 0. The number of benzene rings is 2.